The number of rotatable bonds is 2. The number of nitrogens with zero attached hydrogens (tertiary/aromatic N) is 1. The maximum atomic E-state index is 5.79. The van der Waals surface area contributed by atoms with Gasteiger partial charge < -0.3 is 14.4 Å². The third-order valence-electron chi connectivity index (χ3n) is 6.13. The molecule has 0 spiro atoms. The molecule has 4 unspecified atom stereocenters. The summed E-state index contributed by atoms with van der Waals surface area (Å²) in [7, 11) is 5.78. The fourth-order valence-corrected chi connectivity index (χ4v) is 5.81. The molecule has 0 bridgehead atoms. The third-order valence-corrected chi connectivity index (χ3v) is 7.04. The Morgan fingerprint density at radius 3 is 2.74 bits per heavy atom. The van der Waals surface area contributed by atoms with E-state index < -0.39 is 0 Å². The van der Waals surface area contributed by atoms with Crippen LogP contribution in [0.3, 0.4) is 0 Å². The molecule has 124 valence electrons. The van der Waals surface area contributed by atoms with Crippen molar-refractivity contribution in [1.82, 2.24) is 4.90 Å². The van der Waals surface area contributed by atoms with Gasteiger partial charge in [0.05, 0.1) is 14.2 Å². The summed E-state index contributed by atoms with van der Waals surface area (Å²) in [5.74, 6) is 3.66. The quantitative estimate of drug-likeness (QED) is 0.778. The van der Waals surface area contributed by atoms with Crippen LogP contribution in [0.25, 0.3) is 0 Å². The van der Waals surface area contributed by atoms with Gasteiger partial charge in [-0.3, -0.25) is 0 Å². The number of fused-ring (bicyclic) bond motifs is 2. The Morgan fingerprint density at radius 2 is 2.00 bits per heavy atom. The zero-order valence-corrected chi connectivity index (χ0v) is 15.6. The minimum atomic E-state index is 0.530. The van der Waals surface area contributed by atoms with Gasteiger partial charge in [0.1, 0.15) is 0 Å². The van der Waals surface area contributed by atoms with E-state index in [9.17, 15) is 0 Å². The van der Waals surface area contributed by atoms with Crippen molar-refractivity contribution in [3.63, 3.8) is 0 Å². The molecule has 4 heteroatoms. The molecule has 0 radical (unpaired) electrons. The fraction of sp³-hybridized carbons (Fsp3) is 0.579. The van der Waals surface area contributed by atoms with E-state index in [4.69, 9.17) is 9.47 Å². The largest absolute Gasteiger partial charge is 0.493 e. The highest BCUT2D eigenvalue weighted by molar-refractivity contribution is 9.11. The summed E-state index contributed by atoms with van der Waals surface area (Å²) >= 11 is 3.85. The van der Waals surface area contributed by atoms with Gasteiger partial charge in [-0.25, -0.2) is 0 Å². The fourth-order valence-electron chi connectivity index (χ4n) is 5.09. The van der Waals surface area contributed by atoms with Crippen LogP contribution in [0.15, 0.2) is 22.7 Å². The number of halogens is 1. The minimum absolute atomic E-state index is 0.530. The Balaban J connectivity index is 1.88. The second-order valence-corrected chi connectivity index (χ2v) is 7.95. The van der Waals surface area contributed by atoms with Gasteiger partial charge in [0.2, 0.25) is 0 Å². The summed E-state index contributed by atoms with van der Waals surface area (Å²) in [4.78, 5) is 2.57. The zero-order valence-electron chi connectivity index (χ0n) is 14.0. The highest BCUT2D eigenvalue weighted by atomic mass is 79.9. The normalized spacial score (nSPS) is 32.6. The van der Waals surface area contributed by atoms with E-state index in [1.807, 2.05) is 0 Å². The van der Waals surface area contributed by atoms with Gasteiger partial charge >= 0.3 is 0 Å². The van der Waals surface area contributed by atoms with Crippen molar-refractivity contribution in [2.24, 2.45) is 11.8 Å². The average molecular weight is 378 g/mol. The van der Waals surface area contributed by atoms with E-state index in [2.05, 4.69) is 46.1 Å². The summed E-state index contributed by atoms with van der Waals surface area (Å²) in [6, 6.07) is 4.94. The number of likely N-dealkylation sites (tertiary alicyclic amines) is 1. The lowest BCUT2D eigenvalue weighted by atomic mass is 9.61. The number of methoxy groups -OCH3 is 2. The molecule has 1 aliphatic heterocycles. The standard InChI is InChI=1S/C19H24BrNO2/c1-21-9-8-12-14(20)6-5-13-17-11(10-15(21)18(12)13)4-7-16(22-2)19(17)23-3/h4,6-7,12-13,15,18H,5,8-10H2,1-3H3. The van der Waals surface area contributed by atoms with Crippen molar-refractivity contribution < 1.29 is 9.47 Å². The van der Waals surface area contributed by atoms with Crippen molar-refractivity contribution in [3.05, 3.63) is 33.8 Å². The van der Waals surface area contributed by atoms with Crippen molar-refractivity contribution in [2.75, 3.05) is 27.8 Å². The molecule has 2 aliphatic carbocycles. The summed E-state index contributed by atoms with van der Waals surface area (Å²) in [6.45, 7) is 1.18. The minimum Gasteiger partial charge on any atom is -0.493 e. The molecule has 1 fully saturated rings. The first-order valence-corrected chi connectivity index (χ1v) is 9.24. The third kappa shape index (κ3) is 2.25. The molecule has 3 aliphatic rings. The predicted molar refractivity (Wildman–Crippen MR) is 95.6 cm³/mol. The molecule has 0 N–H and O–H groups in total. The first-order valence-electron chi connectivity index (χ1n) is 8.45. The van der Waals surface area contributed by atoms with Crippen LogP contribution < -0.4 is 9.47 Å². The van der Waals surface area contributed by atoms with E-state index in [-0.39, 0.29) is 0 Å². The van der Waals surface area contributed by atoms with Gasteiger partial charge in [-0.15, -0.1) is 0 Å². The van der Waals surface area contributed by atoms with Crippen molar-refractivity contribution in [3.8, 4) is 11.5 Å². The van der Waals surface area contributed by atoms with Gasteiger partial charge in [0.25, 0.3) is 0 Å². The topological polar surface area (TPSA) is 21.7 Å². The number of hydrogen-bond donors (Lipinski definition) is 0. The molecule has 4 rings (SSSR count). The van der Waals surface area contributed by atoms with Crippen LogP contribution in [0, 0.1) is 11.8 Å². The van der Waals surface area contributed by atoms with E-state index in [1.165, 1.54) is 28.6 Å². The van der Waals surface area contributed by atoms with Gasteiger partial charge in [-0.2, -0.15) is 0 Å². The summed E-state index contributed by atoms with van der Waals surface area (Å²) < 4.78 is 12.8. The number of hydrogen-bond acceptors (Lipinski definition) is 3. The molecule has 3 nitrogen and oxygen atoms in total. The molecule has 1 aromatic rings. The van der Waals surface area contributed by atoms with E-state index >= 15 is 0 Å². The Bertz CT molecular complexity index is 657. The van der Waals surface area contributed by atoms with Crippen LogP contribution in [0.4, 0.5) is 0 Å². The highest BCUT2D eigenvalue weighted by Gasteiger charge is 2.48. The number of piperidine rings is 1. The lowest BCUT2D eigenvalue weighted by Gasteiger charge is -2.52. The molecule has 1 heterocycles. The lowest BCUT2D eigenvalue weighted by Crippen LogP contribution is -2.53. The first-order chi connectivity index (χ1) is 11.2. The Kier molecular flexibility index (Phi) is 3.93. The van der Waals surface area contributed by atoms with Gasteiger partial charge in [0, 0.05) is 11.6 Å². The number of ether oxygens (including phenoxy) is 2. The Morgan fingerprint density at radius 1 is 1.17 bits per heavy atom. The summed E-state index contributed by atoms with van der Waals surface area (Å²) in [6.07, 6.45) is 5.84. The maximum Gasteiger partial charge on any atom is 0.164 e. The first kappa shape index (κ1) is 15.5. The lowest BCUT2D eigenvalue weighted by molar-refractivity contribution is 0.0551. The molecule has 4 atom stereocenters. The number of allylic oxidation sites excluding steroid dienone is 2. The molecule has 1 saturated heterocycles. The summed E-state index contributed by atoms with van der Waals surface area (Å²) in [5.41, 5.74) is 2.83. The molecule has 23 heavy (non-hydrogen) atoms. The number of benzene rings is 1. The van der Waals surface area contributed by atoms with E-state index in [0.717, 1.165) is 24.3 Å². The van der Waals surface area contributed by atoms with Crippen LogP contribution in [0.2, 0.25) is 0 Å². The van der Waals surface area contributed by atoms with Crippen LogP contribution in [0.1, 0.15) is 29.9 Å². The van der Waals surface area contributed by atoms with Crippen molar-refractivity contribution in [1.29, 1.82) is 0 Å². The second-order valence-electron chi connectivity index (χ2n) is 7.03. The van der Waals surface area contributed by atoms with Crippen molar-refractivity contribution in [2.45, 2.75) is 31.2 Å². The van der Waals surface area contributed by atoms with Crippen LogP contribution in [0.5, 0.6) is 11.5 Å². The van der Waals surface area contributed by atoms with E-state index in [1.54, 1.807) is 14.2 Å². The molecule has 0 saturated carbocycles. The second kappa shape index (κ2) is 5.82. The molecular formula is C19H24BrNO2. The molecular weight excluding hydrogens is 354 g/mol. The predicted octanol–water partition coefficient (Wildman–Crippen LogP) is 3.96. The van der Waals surface area contributed by atoms with Crippen LogP contribution in [-0.4, -0.2) is 38.8 Å². The summed E-state index contributed by atoms with van der Waals surface area (Å²) in [5, 5.41) is 0. The monoisotopic (exact) mass is 377 g/mol. The van der Waals surface area contributed by atoms with Gasteiger partial charge in [-0.05, 0) is 66.7 Å². The number of likely N-dealkylation sites (N-methyl/N-ethyl adjacent to an activating group) is 1. The maximum absolute atomic E-state index is 5.79. The SMILES string of the molecule is COc1ccc2c(c1OC)C1CC=C(Br)C3CCN(C)C(C2)C31. The van der Waals surface area contributed by atoms with Crippen LogP contribution >= 0.6 is 15.9 Å². The van der Waals surface area contributed by atoms with Gasteiger partial charge in [0.15, 0.2) is 11.5 Å². The Hall–Kier alpha value is -1.00. The van der Waals surface area contributed by atoms with E-state index in [0.29, 0.717) is 23.8 Å². The average Bonchev–Trinajstić information content (AvgIpc) is 2.58. The molecule has 1 aromatic carbocycles. The molecule has 0 amide bonds. The smallest absolute Gasteiger partial charge is 0.164 e. The molecule has 0 aromatic heterocycles. The zero-order chi connectivity index (χ0) is 16.1. The van der Waals surface area contributed by atoms with Crippen LogP contribution in [-0.2, 0) is 6.42 Å². The van der Waals surface area contributed by atoms with Crippen molar-refractivity contribution >= 4 is 15.9 Å². The highest BCUT2D eigenvalue weighted by Crippen LogP contribution is 2.56. The van der Waals surface area contributed by atoms with Gasteiger partial charge in [-0.1, -0.05) is 28.1 Å². The Labute approximate surface area is 146 Å².